The zero-order valence-electron chi connectivity index (χ0n) is 16.1. The molecule has 0 spiro atoms. The molecule has 2 aromatic carbocycles. The van der Waals surface area contributed by atoms with Crippen molar-refractivity contribution in [2.75, 3.05) is 32.1 Å². The Kier molecular flexibility index (Phi) is 6.32. The summed E-state index contributed by atoms with van der Waals surface area (Å²) in [5.74, 6) is 0.648. The molecule has 1 aromatic heterocycles. The highest BCUT2D eigenvalue weighted by molar-refractivity contribution is 5.89. The maximum Gasteiger partial charge on any atom is 0.338 e. The summed E-state index contributed by atoms with van der Waals surface area (Å²) in [5, 5.41) is 4.12. The summed E-state index contributed by atoms with van der Waals surface area (Å²) in [5.41, 5.74) is 1.91. The smallest absolute Gasteiger partial charge is 0.338 e. The van der Waals surface area contributed by atoms with E-state index in [1.54, 1.807) is 18.0 Å². The normalized spacial score (nSPS) is 10.6. The predicted molar refractivity (Wildman–Crippen MR) is 110 cm³/mol. The number of fused-ring (bicyclic) bond motifs is 1. The Bertz CT molecular complexity index is 1010. The van der Waals surface area contributed by atoms with Crippen LogP contribution in [0, 0.1) is 6.92 Å². The summed E-state index contributed by atoms with van der Waals surface area (Å²) < 4.78 is 10.8. The molecule has 28 heavy (non-hydrogen) atoms. The molecule has 0 unspecified atom stereocenters. The monoisotopic (exact) mass is 380 g/mol. The van der Waals surface area contributed by atoms with Gasteiger partial charge >= 0.3 is 5.63 Å². The van der Waals surface area contributed by atoms with Crippen LogP contribution in [0.25, 0.3) is 11.0 Å². The van der Waals surface area contributed by atoms with Gasteiger partial charge in [0.15, 0.2) is 6.61 Å². The third kappa shape index (κ3) is 4.91. The van der Waals surface area contributed by atoms with E-state index >= 15 is 0 Å². The number of aryl methyl sites for hydroxylation is 1. The summed E-state index contributed by atoms with van der Waals surface area (Å²) in [4.78, 5) is 25.6. The summed E-state index contributed by atoms with van der Waals surface area (Å²) in [7, 11) is 1.76. The van der Waals surface area contributed by atoms with Crippen molar-refractivity contribution in [2.45, 2.75) is 13.3 Å². The maximum atomic E-state index is 12.2. The van der Waals surface area contributed by atoms with Crippen molar-refractivity contribution in [1.82, 2.24) is 4.90 Å². The van der Waals surface area contributed by atoms with E-state index in [9.17, 15) is 9.59 Å². The number of nitrogens with zero attached hydrogens (tertiary/aromatic N) is 1. The van der Waals surface area contributed by atoms with Gasteiger partial charge in [-0.2, -0.15) is 0 Å². The van der Waals surface area contributed by atoms with Crippen LogP contribution in [0.1, 0.15) is 12.0 Å². The molecule has 146 valence electrons. The van der Waals surface area contributed by atoms with Crippen LogP contribution in [0.3, 0.4) is 0 Å². The minimum atomic E-state index is -0.387. The van der Waals surface area contributed by atoms with Crippen LogP contribution < -0.4 is 15.7 Å². The van der Waals surface area contributed by atoms with E-state index in [4.69, 9.17) is 9.15 Å². The molecule has 0 saturated heterocycles. The van der Waals surface area contributed by atoms with E-state index in [0.29, 0.717) is 18.7 Å². The lowest BCUT2D eigenvalue weighted by Gasteiger charge is -2.18. The van der Waals surface area contributed by atoms with Gasteiger partial charge in [0.05, 0.1) is 5.69 Å². The topological polar surface area (TPSA) is 71.8 Å². The number of nitrogens with one attached hydrogen (secondary N) is 1. The Balaban J connectivity index is 1.47. The van der Waals surface area contributed by atoms with E-state index in [1.165, 1.54) is 6.07 Å². The highest BCUT2D eigenvalue weighted by Crippen LogP contribution is 2.20. The molecule has 1 amide bonds. The largest absolute Gasteiger partial charge is 0.484 e. The molecule has 0 aliphatic carbocycles. The van der Waals surface area contributed by atoms with Crippen LogP contribution >= 0.6 is 0 Å². The van der Waals surface area contributed by atoms with Crippen LogP contribution in [0.2, 0.25) is 0 Å². The first kappa shape index (κ1) is 19.5. The van der Waals surface area contributed by atoms with Crippen LogP contribution in [0.15, 0.2) is 63.8 Å². The predicted octanol–water partition coefficient (Wildman–Crippen LogP) is 3.44. The average Bonchev–Trinajstić information content (AvgIpc) is 2.70. The third-order valence-corrected chi connectivity index (χ3v) is 4.51. The molecule has 0 fully saturated rings. The molecule has 0 aliphatic heterocycles. The van der Waals surface area contributed by atoms with E-state index < -0.39 is 0 Å². The number of carbonyl (C=O) groups is 1. The van der Waals surface area contributed by atoms with E-state index in [1.807, 2.05) is 49.4 Å². The van der Waals surface area contributed by atoms with Crippen molar-refractivity contribution in [3.8, 4) is 5.75 Å². The first-order valence-electron chi connectivity index (χ1n) is 9.24. The fraction of sp³-hybridized carbons (Fsp3) is 0.273. The second kappa shape index (κ2) is 9.08. The minimum absolute atomic E-state index is 0.0130. The molecule has 0 radical (unpaired) electrons. The number of hydrogen-bond donors (Lipinski definition) is 1. The van der Waals surface area contributed by atoms with Gasteiger partial charge in [0.1, 0.15) is 11.3 Å². The molecule has 0 saturated carbocycles. The van der Waals surface area contributed by atoms with Gasteiger partial charge in [-0.1, -0.05) is 30.3 Å². The molecule has 6 nitrogen and oxygen atoms in total. The van der Waals surface area contributed by atoms with Gasteiger partial charge in [-0.05, 0) is 37.1 Å². The maximum absolute atomic E-state index is 12.2. The van der Waals surface area contributed by atoms with Gasteiger partial charge < -0.3 is 19.4 Å². The molecule has 1 heterocycles. The molecular formula is C22H24N2O4. The molecule has 0 aliphatic rings. The minimum Gasteiger partial charge on any atom is -0.484 e. The summed E-state index contributed by atoms with van der Waals surface area (Å²) in [6.45, 7) is 3.17. The molecule has 3 aromatic rings. The van der Waals surface area contributed by atoms with Crippen molar-refractivity contribution < 1.29 is 13.9 Å². The van der Waals surface area contributed by atoms with Gasteiger partial charge in [0.2, 0.25) is 0 Å². The number of rotatable bonds is 8. The lowest BCUT2D eigenvalue weighted by atomic mass is 10.2. The lowest BCUT2D eigenvalue weighted by Crippen LogP contribution is -2.33. The lowest BCUT2D eigenvalue weighted by molar-refractivity contribution is -0.132. The number of hydrogen-bond acceptors (Lipinski definition) is 5. The summed E-state index contributed by atoms with van der Waals surface area (Å²) in [6, 6.07) is 16.5. The standard InChI is InChI=1S/C22H24N2O4/c1-16-8-3-5-10-19(16)27-15-21(25)24(2)13-7-12-23-18-14-22(26)28-20-11-6-4-9-17(18)20/h3-6,8-11,14,23H,7,12-13,15H2,1-2H3. The second-order valence-electron chi connectivity index (χ2n) is 6.63. The Morgan fingerprint density at radius 2 is 1.89 bits per heavy atom. The number of likely N-dealkylation sites (N-methyl/N-ethyl adjacent to an activating group) is 1. The zero-order chi connectivity index (χ0) is 19.9. The quantitative estimate of drug-likeness (QED) is 0.479. The van der Waals surface area contributed by atoms with Crippen molar-refractivity contribution in [3.63, 3.8) is 0 Å². The van der Waals surface area contributed by atoms with Gasteiger partial charge in [0.25, 0.3) is 5.91 Å². The summed E-state index contributed by atoms with van der Waals surface area (Å²) in [6.07, 6.45) is 0.737. The number of ether oxygens (including phenoxy) is 1. The Hall–Kier alpha value is -3.28. The van der Waals surface area contributed by atoms with Crippen LogP contribution in [-0.2, 0) is 4.79 Å². The van der Waals surface area contributed by atoms with Gasteiger partial charge in [0, 0.05) is 31.6 Å². The van der Waals surface area contributed by atoms with Crippen molar-refractivity contribution in [2.24, 2.45) is 0 Å². The Labute approximate surface area is 163 Å². The first-order valence-corrected chi connectivity index (χ1v) is 9.24. The average molecular weight is 380 g/mol. The number of carbonyl (C=O) groups excluding carboxylic acids is 1. The number of benzene rings is 2. The number of anilines is 1. The third-order valence-electron chi connectivity index (χ3n) is 4.51. The highest BCUT2D eigenvalue weighted by atomic mass is 16.5. The molecule has 6 heteroatoms. The van der Waals surface area contributed by atoms with Gasteiger partial charge in [-0.3, -0.25) is 4.79 Å². The van der Waals surface area contributed by atoms with Crippen molar-refractivity contribution in [1.29, 1.82) is 0 Å². The zero-order valence-corrected chi connectivity index (χ0v) is 16.1. The second-order valence-corrected chi connectivity index (χ2v) is 6.63. The SMILES string of the molecule is Cc1ccccc1OCC(=O)N(C)CCCNc1cc(=O)oc2ccccc12. The van der Waals surface area contributed by atoms with E-state index in [0.717, 1.165) is 28.8 Å². The molecule has 0 bridgehead atoms. The molecule has 0 atom stereocenters. The first-order chi connectivity index (χ1) is 13.5. The van der Waals surface area contributed by atoms with Crippen molar-refractivity contribution >= 4 is 22.6 Å². The Morgan fingerprint density at radius 1 is 1.14 bits per heavy atom. The number of para-hydroxylation sites is 2. The van der Waals surface area contributed by atoms with E-state index in [-0.39, 0.29) is 18.1 Å². The molecule has 3 rings (SSSR count). The highest BCUT2D eigenvalue weighted by Gasteiger charge is 2.10. The molecular weight excluding hydrogens is 356 g/mol. The van der Waals surface area contributed by atoms with Crippen LogP contribution in [-0.4, -0.2) is 37.6 Å². The van der Waals surface area contributed by atoms with Gasteiger partial charge in [-0.15, -0.1) is 0 Å². The van der Waals surface area contributed by atoms with Crippen LogP contribution in [0.5, 0.6) is 5.75 Å². The van der Waals surface area contributed by atoms with Gasteiger partial charge in [-0.25, -0.2) is 4.79 Å². The fourth-order valence-corrected chi connectivity index (χ4v) is 2.89. The molecule has 1 N–H and O–H groups in total. The number of amides is 1. The van der Waals surface area contributed by atoms with Crippen LogP contribution in [0.4, 0.5) is 5.69 Å². The fourth-order valence-electron chi connectivity index (χ4n) is 2.89. The summed E-state index contributed by atoms with van der Waals surface area (Å²) >= 11 is 0. The van der Waals surface area contributed by atoms with Crippen molar-refractivity contribution in [3.05, 3.63) is 70.6 Å². The Morgan fingerprint density at radius 3 is 2.71 bits per heavy atom. The van der Waals surface area contributed by atoms with E-state index in [2.05, 4.69) is 5.32 Å².